The molecule has 5 nitrogen and oxygen atoms in total. The molecule has 150 valence electrons. The Balaban J connectivity index is 1.80. The van der Waals surface area contributed by atoms with Crippen LogP contribution in [-0.2, 0) is 11.3 Å². The van der Waals surface area contributed by atoms with Gasteiger partial charge in [0.2, 0.25) is 5.91 Å². The van der Waals surface area contributed by atoms with Crippen molar-refractivity contribution in [1.82, 2.24) is 10.6 Å². The van der Waals surface area contributed by atoms with Crippen LogP contribution >= 0.6 is 15.9 Å². The molecule has 0 saturated carbocycles. The number of rotatable bonds is 7. The molecule has 2 N–H and O–H groups in total. The Hall–Kier alpha value is -2.55. The molecule has 0 aliphatic rings. The van der Waals surface area contributed by atoms with Crippen molar-refractivity contribution < 1.29 is 27.5 Å². The highest BCUT2D eigenvalue weighted by Crippen LogP contribution is 2.18. The lowest BCUT2D eigenvalue weighted by atomic mass is 10.2. The number of alkyl halides is 3. The van der Waals surface area contributed by atoms with Crippen LogP contribution in [-0.4, -0.2) is 30.6 Å². The summed E-state index contributed by atoms with van der Waals surface area (Å²) in [6.45, 7) is 0.357. The van der Waals surface area contributed by atoms with Crippen molar-refractivity contribution >= 4 is 27.7 Å². The summed E-state index contributed by atoms with van der Waals surface area (Å²) in [7, 11) is 0. The molecular weight excluding hydrogens is 441 g/mol. The number of benzene rings is 2. The molecule has 0 heterocycles. The largest absolute Gasteiger partial charge is 0.484 e. The van der Waals surface area contributed by atoms with Gasteiger partial charge in [-0.1, -0.05) is 28.1 Å². The van der Waals surface area contributed by atoms with Gasteiger partial charge in [0.05, 0.1) is 0 Å². The van der Waals surface area contributed by atoms with E-state index in [1.165, 1.54) is 12.1 Å². The molecule has 0 bridgehead atoms. The van der Waals surface area contributed by atoms with Gasteiger partial charge in [0.1, 0.15) is 11.8 Å². The van der Waals surface area contributed by atoms with Crippen LogP contribution in [0.3, 0.4) is 0 Å². The van der Waals surface area contributed by atoms with Crippen LogP contribution in [0, 0.1) is 0 Å². The minimum absolute atomic E-state index is 0.0857. The fourth-order valence-corrected chi connectivity index (χ4v) is 2.42. The minimum atomic E-state index is -4.40. The zero-order chi connectivity index (χ0) is 20.7. The molecule has 9 heteroatoms. The standard InChI is InChI=1S/C19H18BrF3N2O3/c1-12(25-18(27)14-4-6-15(20)7-5-14)17(26)24-10-13-2-8-16(9-3-13)28-11-19(21,22)23/h2-9,12H,10-11H2,1H3,(H,24,26)(H,25,27)/t12-/m1/s1. The third kappa shape index (κ3) is 7.22. The van der Waals surface area contributed by atoms with Gasteiger partial charge in [-0.2, -0.15) is 13.2 Å². The monoisotopic (exact) mass is 458 g/mol. The normalized spacial score (nSPS) is 12.2. The van der Waals surface area contributed by atoms with Gasteiger partial charge >= 0.3 is 6.18 Å². The average Bonchev–Trinajstić information content (AvgIpc) is 2.65. The summed E-state index contributed by atoms with van der Waals surface area (Å²) in [5.74, 6) is -0.674. The third-order valence-electron chi connectivity index (χ3n) is 3.64. The van der Waals surface area contributed by atoms with Gasteiger partial charge in [-0.15, -0.1) is 0 Å². The van der Waals surface area contributed by atoms with Crippen molar-refractivity contribution in [1.29, 1.82) is 0 Å². The molecule has 2 amide bonds. The van der Waals surface area contributed by atoms with E-state index in [2.05, 4.69) is 31.3 Å². The molecule has 0 aliphatic carbocycles. The van der Waals surface area contributed by atoms with Crippen molar-refractivity contribution in [3.8, 4) is 5.75 Å². The molecular formula is C19H18BrF3N2O3. The number of hydrogen-bond donors (Lipinski definition) is 2. The highest BCUT2D eigenvalue weighted by atomic mass is 79.9. The van der Waals surface area contributed by atoms with Crippen LogP contribution in [0.25, 0.3) is 0 Å². The zero-order valence-corrected chi connectivity index (χ0v) is 16.4. The van der Waals surface area contributed by atoms with E-state index >= 15 is 0 Å². The summed E-state index contributed by atoms with van der Waals surface area (Å²) in [6.07, 6.45) is -4.40. The van der Waals surface area contributed by atoms with Gasteiger partial charge in [0.25, 0.3) is 5.91 Å². The lowest BCUT2D eigenvalue weighted by Gasteiger charge is -2.14. The van der Waals surface area contributed by atoms with Gasteiger partial charge < -0.3 is 15.4 Å². The highest BCUT2D eigenvalue weighted by molar-refractivity contribution is 9.10. The summed E-state index contributed by atoms with van der Waals surface area (Å²) >= 11 is 3.28. The molecule has 0 spiro atoms. The van der Waals surface area contributed by atoms with Crippen LogP contribution in [0.1, 0.15) is 22.8 Å². The third-order valence-corrected chi connectivity index (χ3v) is 4.17. The highest BCUT2D eigenvalue weighted by Gasteiger charge is 2.28. The van der Waals surface area contributed by atoms with Crippen molar-refractivity contribution in [2.24, 2.45) is 0 Å². The summed E-state index contributed by atoms with van der Waals surface area (Å²) < 4.78 is 41.8. The van der Waals surface area contributed by atoms with Crippen molar-refractivity contribution in [3.05, 3.63) is 64.1 Å². The Bertz CT molecular complexity index is 809. The van der Waals surface area contributed by atoms with Gasteiger partial charge in [-0.05, 0) is 48.9 Å². The number of ether oxygens (including phenoxy) is 1. The Morgan fingerprint density at radius 3 is 2.25 bits per heavy atom. The van der Waals surface area contributed by atoms with E-state index in [-0.39, 0.29) is 24.1 Å². The number of hydrogen-bond acceptors (Lipinski definition) is 3. The van der Waals surface area contributed by atoms with E-state index in [1.54, 1.807) is 43.3 Å². The molecule has 0 radical (unpaired) electrons. The minimum Gasteiger partial charge on any atom is -0.484 e. The lowest BCUT2D eigenvalue weighted by Crippen LogP contribution is -2.44. The van der Waals surface area contributed by atoms with E-state index in [4.69, 9.17) is 0 Å². The van der Waals surface area contributed by atoms with E-state index in [1.807, 2.05) is 0 Å². The van der Waals surface area contributed by atoms with Crippen molar-refractivity contribution in [2.75, 3.05) is 6.61 Å². The Morgan fingerprint density at radius 2 is 1.68 bits per heavy atom. The molecule has 1 atom stereocenters. The quantitative estimate of drug-likeness (QED) is 0.662. The number of carbonyl (C=O) groups excluding carboxylic acids is 2. The summed E-state index contributed by atoms with van der Waals surface area (Å²) in [4.78, 5) is 24.2. The van der Waals surface area contributed by atoms with Gasteiger partial charge in [0, 0.05) is 16.6 Å². The van der Waals surface area contributed by atoms with Gasteiger partial charge in [-0.3, -0.25) is 9.59 Å². The molecule has 0 saturated heterocycles. The van der Waals surface area contributed by atoms with Crippen molar-refractivity contribution in [2.45, 2.75) is 25.7 Å². The maximum atomic E-state index is 12.1. The molecule has 2 aromatic carbocycles. The molecule has 0 aliphatic heterocycles. The predicted molar refractivity (Wildman–Crippen MR) is 101 cm³/mol. The second-order valence-electron chi connectivity index (χ2n) is 5.97. The first kappa shape index (κ1) is 21.7. The van der Waals surface area contributed by atoms with E-state index in [9.17, 15) is 22.8 Å². The predicted octanol–water partition coefficient (Wildman–Crippen LogP) is 3.82. The van der Waals surface area contributed by atoms with Gasteiger partial charge in [-0.25, -0.2) is 0 Å². The lowest BCUT2D eigenvalue weighted by molar-refractivity contribution is -0.153. The molecule has 28 heavy (non-hydrogen) atoms. The van der Waals surface area contributed by atoms with Crippen molar-refractivity contribution in [3.63, 3.8) is 0 Å². The van der Waals surface area contributed by atoms with E-state index in [0.717, 1.165) is 4.47 Å². The Morgan fingerprint density at radius 1 is 1.07 bits per heavy atom. The van der Waals surface area contributed by atoms with Crippen LogP contribution in [0.5, 0.6) is 5.75 Å². The Kier molecular flexibility index (Phi) is 7.45. The molecule has 0 unspecified atom stereocenters. The first-order chi connectivity index (χ1) is 13.1. The zero-order valence-electron chi connectivity index (χ0n) is 14.8. The van der Waals surface area contributed by atoms with Gasteiger partial charge in [0.15, 0.2) is 6.61 Å². The number of halogens is 4. The molecule has 0 fully saturated rings. The Labute approximate surface area is 168 Å². The second kappa shape index (κ2) is 9.59. The summed E-state index contributed by atoms with van der Waals surface area (Å²) in [6, 6.07) is 11.8. The number of carbonyl (C=O) groups is 2. The van der Waals surface area contributed by atoms with Crippen LogP contribution in [0.2, 0.25) is 0 Å². The smallest absolute Gasteiger partial charge is 0.422 e. The fraction of sp³-hybridized carbons (Fsp3) is 0.263. The maximum absolute atomic E-state index is 12.1. The fourth-order valence-electron chi connectivity index (χ4n) is 2.16. The topological polar surface area (TPSA) is 67.4 Å². The summed E-state index contributed by atoms with van der Waals surface area (Å²) in [5, 5.41) is 5.26. The van der Waals surface area contributed by atoms with E-state index in [0.29, 0.717) is 11.1 Å². The number of amides is 2. The second-order valence-corrected chi connectivity index (χ2v) is 6.88. The first-order valence-corrected chi connectivity index (χ1v) is 9.06. The SMILES string of the molecule is C[C@@H](NC(=O)c1ccc(Br)cc1)C(=O)NCc1ccc(OCC(F)(F)F)cc1. The molecule has 0 aromatic heterocycles. The summed E-state index contributed by atoms with van der Waals surface area (Å²) in [5.41, 5.74) is 1.11. The molecule has 2 aromatic rings. The average molecular weight is 459 g/mol. The molecule has 2 rings (SSSR count). The maximum Gasteiger partial charge on any atom is 0.422 e. The first-order valence-electron chi connectivity index (χ1n) is 8.27. The van der Waals surface area contributed by atoms with Crippen LogP contribution < -0.4 is 15.4 Å². The van der Waals surface area contributed by atoms with Crippen LogP contribution in [0.4, 0.5) is 13.2 Å². The van der Waals surface area contributed by atoms with Crippen LogP contribution in [0.15, 0.2) is 53.0 Å². The van der Waals surface area contributed by atoms with E-state index < -0.39 is 18.8 Å². The number of nitrogens with one attached hydrogen (secondary N) is 2.